The Bertz CT molecular complexity index is 354. The molecule has 3 nitrogen and oxygen atoms in total. The van der Waals surface area contributed by atoms with Gasteiger partial charge in [-0.25, -0.2) is 0 Å². The summed E-state index contributed by atoms with van der Waals surface area (Å²) in [5, 5.41) is 18.5. The van der Waals surface area contributed by atoms with Gasteiger partial charge in [-0.1, -0.05) is 33.6 Å². The number of hydrogen-bond donors (Lipinski definition) is 2. The molecule has 0 saturated heterocycles. The molecule has 0 fully saturated rings. The summed E-state index contributed by atoms with van der Waals surface area (Å²) in [6, 6.07) is 4.81. The summed E-state index contributed by atoms with van der Waals surface area (Å²) in [7, 11) is 0. The van der Waals surface area contributed by atoms with Crippen LogP contribution in [-0.2, 0) is 4.79 Å². The van der Waals surface area contributed by atoms with Crippen molar-refractivity contribution in [2.45, 2.75) is 12.5 Å². The van der Waals surface area contributed by atoms with Gasteiger partial charge in [0, 0.05) is 9.50 Å². The fraction of sp³-hybridized carbons (Fsp3) is 0.222. The molecule has 5 heteroatoms. The van der Waals surface area contributed by atoms with Crippen molar-refractivity contribution in [1.29, 1.82) is 0 Å². The molecule has 0 aliphatic rings. The Labute approximate surface area is 94.4 Å². The van der Waals surface area contributed by atoms with E-state index in [2.05, 4.69) is 15.9 Å². The predicted octanol–water partition coefficient (Wildman–Crippen LogP) is 2.61. The zero-order chi connectivity index (χ0) is 10.7. The number of halogens is 2. The van der Waals surface area contributed by atoms with Crippen LogP contribution in [-0.4, -0.2) is 16.2 Å². The molecule has 1 atom stereocenters. The Morgan fingerprint density at radius 2 is 2.21 bits per heavy atom. The van der Waals surface area contributed by atoms with Gasteiger partial charge in [-0.3, -0.25) is 4.79 Å². The summed E-state index contributed by atoms with van der Waals surface area (Å²) >= 11 is 8.90. The van der Waals surface area contributed by atoms with Gasteiger partial charge < -0.3 is 10.2 Å². The van der Waals surface area contributed by atoms with E-state index in [0.29, 0.717) is 15.1 Å². The summed E-state index contributed by atoms with van der Waals surface area (Å²) < 4.78 is 0.610. The van der Waals surface area contributed by atoms with Crippen molar-refractivity contribution in [3.8, 4) is 0 Å². The number of carboxylic acids is 1. The number of benzene rings is 1. The minimum atomic E-state index is -1.04. The second-order valence-electron chi connectivity index (χ2n) is 2.78. The monoisotopic (exact) mass is 278 g/mol. The van der Waals surface area contributed by atoms with E-state index in [1.54, 1.807) is 18.2 Å². The topological polar surface area (TPSA) is 57.5 Å². The molecule has 0 aliphatic carbocycles. The largest absolute Gasteiger partial charge is 0.481 e. The number of aliphatic hydroxyl groups is 1. The molecule has 0 spiro atoms. The van der Waals surface area contributed by atoms with Gasteiger partial charge in [0.1, 0.15) is 0 Å². The van der Waals surface area contributed by atoms with E-state index in [0.717, 1.165) is 0 Å². The average molecular weight is 280 g/mol. The molecule has 1 aromatic rings. The van der Waals surface area contributed by atoms with Crippen molar-refractivity contribution >= 4 is 33.5 Å². The van der Waals surface area contributed by atoms with Crippen LogP contribution in [0.25, 0.3) is 0 Å². The van der Waals surface area contributed by atoms with Crippen LogP contribution in [0.1, 0.15) is 18.1 Å². The predicted molar refractivity (Wildman–Crippen MR) is 56.4 cm³/mol. The van der Waals surface area contributed by atoms with E-state index < -0.39 is 12.1 Å². The van der Waals surface area contributed by atoms with Crippen molar-refractivity contribution in [3.63, 3.8) is 0 Å². The Morgan fingerprint density at radius 3 is 2.71 bits per heavy atom. The van der Waals surface area contributed by atoms with Crippen molar-refractivity contribution in [2.75, 3.05) is 0 Å². The molecule has 1 aromatic carbocycles. The zero-order valence-corrected chi connectivity index (χ0v) is 9.42. The number of carbonyl (C=O) groups is 1. The first-order valence-corrected chi connectivity index (χ1v) is 5.02. The van der Waals surface area contributed by atoms with Gasteiger partial charge in [-0.2, -0.15) is 0 Å². The normalized spacial score (nSPS) is 12.5. The first-order chi connectivity index (χ1) is 6.50. The molecule has 0 aliphatic heterocycles. The second kappa shape index (κ2) is 4.77. The summed E-state index contributed by atoms with van der Waals surface area (Å²) in [4.78, 5) is 10.4. The van der Waals surface area contributed by atoms with E-state index in [4.69, 9.17) is 16.7 Å². The van der Waals surface area contributed by atoms with Gasteiger partial charge in [0.25, 0.3) is 0 Å². The van der Waals surface area contributed by atoms with E-state index in [1.807, 2.05) is 0 Å². The third kappa shape index (κ3) is 2.97. The molecule has 0 heterocycles. The van der Waals surface area contributed by atoms with Gasteiger partial charge >= 0.3 is 5.97 Å². The molecule has 0 saturated carbocycles. The van der Waals surface area contributed by atoms with Crippen LogP contribution < -0.4 is 0 Å². The first-order valence-electron chi connectivity index (χ1n) is 3.85. The molecule has 0 radical (unpaired) electrons. The maximum Gasteiger partial charge on any atom is 0.306 e. The summed E-state index contributed by atoms with van der Waals surface area (Å²) in [5.41, 5.74) is 0.525. The maximum atomic E-state index is 10.4. The molecule has 76 valence electrons. The number of hydrogen-bond acceptors (Lipinski definition) is 2. The summed E-state index contributed by atoms with van der Waals surface area (Å²) in [5.74, 6) is -1.04. The quantitative estimate of drug-likeness (QED) is 0.894. The van der Waals surface area contributed by atoms with Crippen LogP contribution in [0.2, 0.25) is 5.02 Å². The Morgan fingerprint density at radius 1 is 1.57 bits per heavy atom. The number of aliphatic hydroxyl groups excluding tert-OH is 1. The minimum absolute atomic E-state index is 0.319. The Balaban J connectivity index is 2.90. The van der Waals surface area contributed by atoms with Crippen LogP contribution in [0, 0.1) is 0 Å². The zero-order valence-electron chi connectivity index (χ0n) is 7.08. The van der Waals surface area contributed by atoms with Gasteiger partial charge in [-0.15, -0.1) is 0 Å². The highest BCUT2D eigenvalue weighted by Gasteiger charge is 2.14. The summed E-state index contributed by atoms with van der Waals surface area (Å²) in [6.07, 6.45) is -1.33. The molecule has 1 rings (SSSR count). The molecular weight excluding hydrogens is 271 g/mol. The fourth-order valence-electron chi connectivity index (χ4n) is 1.05. The fourth-order valence-corrected chi connectivity index (χ4v) is 1.99. The Kier molecular flexibility index (Phi) is 3.92. The van der Waals surface area contributed by atoms with Crippen LogP contribution in [0.5, 0.6) is 0 Å². The van der Waals surface area contributed by atoms with Crippen molar-refractivity contribution in [3.05, 3.63) is 33.3 Å². The lowest BCUT2D eigenvalue weighted by Crippen LogP contribution is -2.05. The second-order valence-corrected chi connectivity index (χ2v) is 4.07. The highest BCUT2D eigenvalue weighted by Crippen LogP contribution is 2.28. The Hall–Kier alpha value is -0.580. The average Bonchev–Trinajstić information content (AvgIpc) is 2.01. The summed E-state index contributed by atoms with van der Waals surface area (Å²) in [6.45, 7) is 0. The first kappa shape index (κ1) is 11.5. The van der Waals surface area contributed by atoms with Gasteiger partial charge in [0.2, 0.25) is 0 Å². The standard InChI is InChI=1S/C9H8BrClO3/c10-7-3-5(11)1-2-6(7)8(12)4-9(13)14/h1-3,8,12H,4H2,(H,13,14)/t8-/m1/s1. The van der Waals surface area contributed by atoms with E-state index in [-0.39, 0.29) is 6.42 Å². The smallest absolute Gasteiger partial charge is 0.306 e. The van der Waals surface area contributed by atoms with E-state index >= 15 is 0 Å². The number of carboxylic acid groups (broad SMARTS) is 1. The van der Waals surface area contributed by atoms with Crippen molar-refractivity contribution in [1.82, 2.24) is 0 Å². The molecular formula is C9H8BrClO3. The molecule has 0 bridgehead atoms. The van der Waals surface area contributed by atoms with Crippen molar-refractivity contribution in [2.24, 2.45) is 0 Å². The van der Waals surface area contributed by atoms with Gasteiger partial charge in [0.05, 0.1) is 12.5 Å². The SMILES string of the molecule is O=C(O)C[C@@H](O)c1ccc(Cl)cc1Br. The lowest BCUT2D eigenvalue weighted by molar-refractivity contribution is -0.139. The number of rotatable bonds is 3. The van der Waals surface area contributed by atoms with Gasteiger partial charge in [-0.05, 0) is 17.7 Å². The molecule has 0 unspecified atom stereocenters. The molecule has 2 N–H and O–H groups in total. The molecule has 0 aromatic heterocycles. The maximum absolute atomic E-state index is 10.4. The van der Waals surface area contributed by atoms with Crippen molar-refractivity contribution < 1.29 is 15.0 Å². The highest BCUT2D eigenvalue weighted by molar-refractivity contribution is 9.10. The van der Waals surface area contributed by atoms with E-state index in [1.165, 1.54) is 0 Å². The van der Waals surface area contributed by atoms with Crippen LogP contribution in [0.15, 0.2) is 22.7 Å². The third-order valence-corrected chi connectivity index (χ3v) is 2.61. The molecule has 0 amide bonds. The lowest BCUT2D eigenvalue weighted by atomic mass is 10.1. The highest BCUT2D eigenvalue weighted by atomic mass is 79.9. The third-order valence-electron chi connectivity index (χ3n) is 1.69. The van der Waals surface area contributed by atoms with Crippen LogP contribution in [0.4, 0.5) is 0 Å². The minimum Gasteiger partial charge on any atom is -0.481 e. The molecule has 14 heavy (non-hydrogen) atoms. The van der Waals surface area contributed by atoms with Gasteiger partial charge in [0.15, 0.2) is 0 Å². The van der Waals surface area contributed by atoms with Crippen LogP contribution in [0.3, 0.4) is 0 Å². The van der Waals surface area contributed by atoms with E-state index in [9.17, 15) is 9.90 Å². The lowest BCUT2D eigenvalue weighted by Gasteiger charge is -2.10. The number of aliphatic carboxylic acids is 1. The van der Waals surface area contributed by atoms with Crippen LogP contribution >= 0.6 is 27.5 Å².